The first-order valence-electron chi connectivity index (χ1n) is 9.61. The summed E-state index contributed by atoms with van der Waals surface area (Å²) in [5.74, 6) is -3.56. The first-order valence-corrected chi connectivity index (χ1v) is 10.9. The quantitative estimate of drug-likeness (QED) is 0.0557. The largest absolute Gasteiger partial charge is 0.480 e. The fourth-order valence-electron chi connectivity index (χ4n) is 2.37. The van der Waals surface area contributed by atoms with Crippen LogP contribution in [0.3, 0.4) is 0 Å². The lowest BCUT2D eigenvalue weighted by molar-refractivity contribution is -0.142. The lowest BCUT2D eigenvalue weighted by atomic mass is 10.0. The third kappa shape index (κ3) is 11.1. The van der Waals surface area contributed by atoms with E-state index in [0.717, 1.165) is 0 Å². The standard InChI is InChI=1S/C17H33N7O5S2/c1-8(2)12(24-14(26)11(7-31)23-13(25)9(18)6-30)15(27)22-10(16(28)29)4-3-5-21-17(19)20/h8-12,30-31H,3-7,18H2,1-2H3,(H,22,27)(H,23,25)(H,24,26)(H,28,29)(H4,19,20,21). The molecule has 14 heteroatoms. The van der Waals surface area contributed by atoms with Crippen LogP contribution in [0.4, 0.5) is 0 Å². The van der Waals surface area contributed by atoms with E-state index in [-0.39, 0.29) is 36.3 Å². The number of hydrogen-bond donors (Lipinski definition) is 9. The predicted molar refractivity (Wildman–Crippen MR) is 124 cm³/mol. The highest BCUT2D eigenvalue weighted by atomic mass is 32.1. The predicted octanol–water partition coefficient (Wildman–Crippen LogP) is -2.58. The zero-order valence-electron chi connectivity index (χ0n) is 17.6. The van der Waals surface area contributed by atoms with Crippen LogP contribution in [0.25, 0.3) is 0 Å². The van der Waals surface area contributed by atoms with Crippen LogP contribution >= 0.6 is 25.3 Å². The van der Waals surface area contributed by atoms with Gasteiger partial charge < -0.3 is 38.3 Å². The number of hydrogen-bond acceptors (Lipinski definition) is 8. The summed E-state index contributed by atoms with van der Waals surface area (Å²) < 4.78 is 0. The van der Waals surface area contributed by atoms with Crippen molar-refractivity contribution in [2.75, 3.05) is 18.1 Å². The zero-order chi connectivity index (χ0) is 24.1. The number of aliphatic imine (C=N–C) groups is 1. The van der Waals surface area contributed by atoms with E-state index in [2.05, 4.69) is 46.2 Å². The van der Waals surface area contributed by atoms with E-state index in [9.17, 15) is 24.3 Å². The van der Waals surface area contributed by atoms with Crippen molar-refractivity contribution >= 4 is 54.9 Å². The average Bonchev–Trinajstić information content (AvgIpc) is 2.70. The molecular weight excluding hydrogens is 446 g/mol. The lowest BCUT2D eigenvalue weighted by Gasteiger charge is -2.26. The molecule has 0 radical (unpaired) electrons. The van der Waals surface area contributed by atoms with Crippen molar-refractivity contribution < 1.29 is 24.3 Å². The van der Waals surface area contributed by atoms with Gasteiger partial charge in [0.25, 0.3) is 0 Å². The van der Waals surface area contributed by atoms with Crippen LogP contribution in [0, 0.1) is 5.92 Å². The van der Waals surface area contributed by atoms with Crippen LogP contribution in [-0.4, -0.2) is 77.0 Å². The molecule has 0 aliphatic rings. The van der Waals surface area contributed by atoms with Crippen molar-refractivity contribution in [1.29, 1.82) is 0 Å². The Morgan fingerprint density at radius 3 is 1.97 bits per heavy atom. The van der Waals surface area contributed by atoms with Crippen molar-refractivity contribution in [3.05, 3.63) is 0 Å². The molecule has 4 atom stereocenters. The van der Waals surface area contributed by atoms with Crippen LogP contribution in [-0.2, 0) is 19.2 Å². The Morgan fingerprint density at radius 1 is 0.935 bits per heavy atom. The highest BCUT2D eigenvalue weighted by Gasteiger charge is 2.31. The number of carboxylic acids is 1. The van der Waals surface area contributed by atoms with E-state index < -0.39 is 47.9 Å². The van der Waals surface area contributed by atoms with E-state index in [4.69, 9.17) is 17.2 Å². The number of nitrogens with zero attached hydrogens (tertiary/aromatic N) is 1. The van der Waals surface area contributed by atoms with Crippen LogP contribution in [0.5, 0.6) is 0 Å². The van der Waals surface area contributed by atoms with Crippen molar-refractivity contribution in [3.63, 3.8) is 0 Å². The third-order valence-electron chi connectivity index (χ3n) is 4.16. The van der Waals surface area contributed by atoms with Gasteiger partial charge in [-0.3, -0.25) is 19.4 Å². The minimum absolute atomic E-state index is 0.0359. The molecule has 0 aromatic carbocycles. The topological polar surface area (TPSA) is 215 Å². The van der Waals surface area contributed by atoms with Gasteiger partial charge in [-0.2, -0.15) is 25.3 Å². The second-order valence-corrected chi connectivity index (χ2v) is 7.84. The molecule has 0 rings (SSSR count). The van der Waals surface area contributed by atoms with E-state index in [1.54, 1.807) is 13.8 Å². The molecule has 12 nitrogen and oxygen atoms in total. The smallest absolute Gasteiger partial charge is 0.326 e. The summed E-state index contributed by atoms with van der Waals surface area (Å²) in [6.07, 6.45) is 0.417. The fourth-order valence-corrected chi connectivity index (χ4v) is 2.79. The van der Waals surface area contributed by atoms with Crippen LogP contribution in [0.1, 0.15) is 26.7 Å². The number of guanidine groups is 1. The van der Waals surface area contributed by atoms with Crippen molar-refractivity contribution in [2.45, 2.75) is 50.9 Å². The molecule has 0 aliphatic carbocycles. The maximum Gasteiger partial charge on any atom is 0.326 e. The minimum Gasteiger partial charge on any atom is -0.480 e. The molecule has 0 heterocycles. The van der Waals surface area contributed by atoms with E-state index in [1.165, 1.54) is 0 Å². The summed E-state index contributed by atoms with van der Waals surface area (Å²) in [6, 6.07) is -4.16. The third-order valence-corrected chi connectivity index (χ3v) is 4.91. The number of amides is 3. The number of nitrogens with two attached hydrogens (primary N) is 3. The first-order chi connectivity index (χ1) is 14.4. The molecular formula is C17H33N7O5S2. The molecule has 0 bridgehead atoms. The Bertz CT molecular complexity index is 659. The summed E-state index contributed by atoms with van der Waals surface area (Å²) in [4.78, 5) is 52.4. The number of rotatable bonds is 14. The van der Waals surface area contributed by atoms with Gasteiger partial charge in [0.15, 0.2) is 5.96 Å². The molecule has 0 aromatic heterocycles. The van der Waals surface area contributed by atoms with Crippen LogP contribution < -0.4 is 33.2 Å². The molecule has 31 heavy (non-hydrogen) atoms. The second-order valence-electron chi connectivity index (χ2n) is 7.11. The maximum absolute atomic E-state index is 12.7. The number of carbonyl (C=O) groups is 4. The number of carboxylic acid groups (broad SMARTS) is 1. The van der Waals surface area contributed by atoms with E-state index in [1.807, 2.05) is 0 Å². The second kappa shape index (κ2) is 14.8. The minimum atomic E-state index is -1.23. The monoisotopic (exact) mass is 479 g/mol. The summed E-state index contributed by atoms with van der Waals surface area (Å²) in [5.41, 5.74) is 16.0. The molecule has 0 saturated carbocycles. The Balaban J connectivity index is 5.11. The molecule has 0 aliphatic heterocycles. The summed E-state index contributed by atoms with van der Waals surface area (Å²) in [7, 11) is 0. The van der Waals surface area contributed by atoms with E-state index >= 15 is 0 Å². The van der Waals surface area contributed by atoms with Crippen molar-refractivity contribution in [2.24, 2.45) is 28.1 Å². The number of thiol groups is 2. The fraction of sp³-hybridized carbons (Fsp3) is 0.706. The Kier molecular flexibility index (Phi) is 13.7. The molecule has 3 amide bonds. The molecule has 0 spiro atoms. The van der Waals surface area contributed by atoms with Gasteiger partial charge in [-0.15, -0.1) is 0 Å². The molecule has 178 valence electrons. The molecule has 0 fully saturated rings. The maximum atomic E-state index is 12.7. The van der Waals surface area contributed by atoms with Gasteiger partial charge in [0.2, 0.25) is 17.7 Å². The van der Waals surface area contributed by atoms with Crippen molar-refractivity contribution in [1.82, 2.24) is 16.0 Å². The number of carbonyl (C=O) groups excluding carboxylic acids is 3. The summed E-state index contributed by atoms with van der Waals surface area (Å²) in [6.45, 7) is 3.58. The molecule has 0 aromatic rings. The zero-order valence-corrected chi connectivity index (χ0v) is 19.4. The summed E-state index contributed by atoms with van der Waals surface area (Å²) >= 11 is 7.99. The molecule has 10 N–H and O–H groups in total. The molecule has 0 saturated heterocycles. The van der Waals surface area contributed by atoms with Gasteiger partial charge in [-0.25, -0.2) is 4.79 Å². The Labute approximate surface area is 192 Å². The van der Waals surface area contributed by atoms with Crippen LogP contribution in [0.15, 0.2) is 4.99 Å². The van der Waals surface area contributed by atoms with Gasteiger partial charge in [-0.1, -0.05) is 13.8 Å². The molecule has 4 unspecified atom stereocenters. The Hall–Kier alpha value is -2.19. The number of aliphatic carboxylic acids is 1. The van der Waals surface area contributed by atoms with Gasteiger partial charge in [-0.05, 0) is 18.8 Å². The van der Waals surface area contributed by atoms with Gasteiger partial charge in [0.05, 0.1) is 6.04 Å². The normalized spacial score (nSPS) is 14.6. The Morgan fingerprint density at radius 2 is 1.52 bits per heavy atom. The van der Waals surface area contributed by atoms with Gasteiger partial charge in [0, 0.05) is 18.1 Å². The van der Waals surface area contributed by atoms with Gasteiger partial charge in [0.1, 0.15) is 18.1 Å². The van der Waals surface area contributed by atoms with Gasteiger partial charge >= 0.3 is 5.97 Å². The van der Waals surface area contributed by atoms with E-state index in [0.29, 0.717) is 6.42 Å². The SMILES string of the molecule is CC(C)C(NC(=O)C(CS)NC(=O)C(N)CS)C(=O)NC(CCCN=C(N)N)C(=O)O. The highest BCUT2D eigenvalue weighted by Crippen LogP contribution is 2.06. The number of nitrogens with one attached hydrogen (secondary N) is 3. The van der Waals surface area contributed by atoms with Crippen molar-refractivity contribution in [3.8, 4) is 0 Å². The van der Waals surface area contributed by atoms with Crippen LogP contribution in [0.2, 0.25) is 0 Å². The lowest BCUT2D eigenvalue weighted by Crippen LogP contribution is -2.59. The first kappa shape index (κ1) is 28.8. The average molecular weight is 480 g/mol. The summed E-state index contributed by atoms with van der Waals surface area (Å²) in [5, 5.41) is 16.8. The highest BCUT2D eigenvalue weighted by molar-refractivity contribution is 7.80.